The number of nitrogens with one attached hydrogen (secondary N) is 1. The zero-order chi connectivity index (χ0) is 19.8. The van der Waals surface area contributed by atoms with E-state index in [9.17, 15) is 4.79 Å². The van der Waals surface area contributed by atoms with Crippen LogP contribution in [0.2, 0.25) is 0 Å². The molecule has 1 amide bonds. The molecule has 0 saturated carbocycles. The zero-order valence-corrected chi connectivity index (χ0v) is 16.8. The first-order valence-corrected chi connectivity index (χ1v) is 9.98. The van der Waals surface area contributed by atoms with Crippen molar-refractivity contribution in [2.75, 3.05) is 33.9 Å². The summed E-state index contributed by atoms with van der Waals surface area (Å²) in [6, 6.07) is 16.4. The minimum atomic E-state index is 0.0850. The normalized spacial score (nSPS) is 16.7. The van der Waals surface area contributed by atoms with E-state index < -0.39 is 0 Å². The quantitative estimate of drug-likeness (QED) is 0.674. The molecule has 2 aromatic rings. The summed E-state index contributed by atoms with van der Waals surface area (Å²) in [6.45, 7) is 2.04. The van der Waals surface area contributed by atoms with Crippen LogP contribution in [-0.4, -0.2) is 44.7 Å². The Balaban J connectivity index is 1.52. The predicted molar refractivity (Wildman–Crippen MR) is 111 cm³/mol. The van der Waals surface area contributed by atoms with Crippen molar-refractivity contribution in [2.45, 2.75) is 31.7 Å². The van der Waals surface area contributed by atoms with E-state index in [0.717, 1.165) is 49.3 Å². The average molecular weight is 383 g/mol. The van der Waals surface area contributed by atoms with Gasteiger partial charge in [0.1, 0.15) is 11.5 Å². The molecular weight excluding hydrogens is 352 g/mol. The van der Waals surface area contributed by atoms with Gasteiger partial charge in [-0.1, -0.05) is 30.3 Å². The fourth-order valence-corrected chi connectivity index (χ4v) is 3.87. The van der Waals surface area contributed by atoms with Crippen molar-refractivity contribution in [1.29, 1.82) is 0 Å². The van der Waals surface area contributed by atoms with Gasteiger partial charge in [-0.05, 0) is 56.0 Å². The van der Waals surface area contributed by atoms with Gasteiger partial charge in [0.2, 0.25) is 5.91 Å². The fourth-order valence-electron chi connectivity index (χ4n) is 3.87. The van der Waals surface area contributed by atoms with Crippen molar-refractivity contribution in [2.24, 2.45) is 0 Å². The Morgan fingerprint density at radius 1 is 1.14 bits per heavy atom. The molecule has 5 nitrogen and oxygen atoms in total. The van der Waals surface area contributed by atoms with E-state index >= 15 is 0 Å². The average Bonchev–Trinajstić information content (AvgIpc) is 3.19. The first kappa shape index (κ1) is 20.2. The number of rotatable bonds is 9. The van der Waals surface area contributed by atoms with Crippen molar-refractivity contribution in [3.63, 3.8) is 0 Å². The third-order valence-electron chi connectivity index (χ3n) is 5.31. The number of carbonyl (C=O) groups is 1. The molecule has 1 fully saturated rings. The van der Waals surface area contributed by atoms with Gasteiger partial charge in [-0.15, -0.1) is 0 Å². The van der Waals surface area contributed by atoms with Gasteiger partial charge in [-0.2, -0.15) is 0 Å². The molecule has 0 aromatic heterocycles. The first-order chi connectivity index (χ1) is 13.7. The predicted octanol–water partition coefficient (Wildman–Crippen LogP) is 3.59. The van der Waals surface area contributed by atoms with Crippen molar-refractivity contribution >= 4 is 5.91 Å². The molecule has 0 bridgehead atoms. The summed E-state index contributed by atoms with van der Waals surface area (Å²) < 4.78 is 10.9. The largest absolute Gasteiger partial charge is 0.497 e. The zero-order valence-electron chi connectivity index (χ0n) is 16.8. The van der Waals surface area contributed by atoms with Crippen LogP contribution in [0.3, 0.4) is 0 Å². The number of amides is 1. The van der Waals surface area contributed by atoms with E-state index in [1.54, 1.807) is 14.2 Å². The molecule has 0 radical (unpaired) electrons. The van der Waals surface area contributed by atoms with Crippen LogP contribution < -0.4 is 14.8 Å². The molecule has 3 rings (SSSR count). The van der Waals surface area contributed by atoms with Gasteiger partial charge >= 0.3 is 0 Å². The Morgan fingerprint density at radius 2 is 1.96 bits per heavy atom. The summed E-state index contributed by atoms with van der Waals surface area (Å²) in [6.07, 6.45) is 4.02. The molecule has 0 aliphatic carbocycles. The number of ether oxygens (including phenoxy) is 2. The highest BCUT2D eigenvalue weighted by molar-refractivity contribution is 5.78. The van der Waals surface area contributed by atoms with Gasteiger partial charge in [-0.25, -0.2) is 0 Å². The lowest BCUT2D eigenvalue weighted by Crippen LogP contribution is -2.37. The molecule has 1 heterocycles. The van der Waals surface area contributed by atoms with Gasteiger partial charge in [0.05, 0.1) is 20.8 Å². The molecule has 5 heteroatoms. The Kier molecular flexibility index (Phi) is 7.31. The molecule has 0 spiro atoms. The lowest BCUT2D eigenvalue weighted by atomic mass is 10.0. The SMILES string of the molecule is COc1ccc(OC)c(C2CCCN2CC(=O)NCCCc2ccccc2)c1. The number of benzene rings is 2. The molecule has 28 heavy (non-hydrogen) atoms. The highest BCUT2D eigenvalue weighted by atomic mass is 16.5. The summed E-state index contributed by atoms with van der Waals surface area (Å²) in [5.41, 5.74) is 2.40. The summed E-state index contributed by atoms with van der Waals surface area (Å²) in [5, 5.41) is 3.07. The number of methoxy groups -OCH3 is 2. The van der Waals surface area contributed by atoms with E-state index in [-0.39, 0.29) is 11.9 Å². The third-order valence-corrected chi connectivity index (χ3v) is 5.31. The maximum absolute atomic E-state index is 12.5. The van der Waals surface area contributed by atoms with Gasteiger partial charge in [0.25, 0.3) is 0 Å². The van der Waals surface area contributed by atoms with Crippen LogP contribution in [0.4, 0.5) is 0 Å². The van der Waals surface area contributed by atoms with Gasteiger partial charge in [-0.3, -0.25) is 9.69 Å². The maximum atomic E-state index is 12.5. The topological polar surface area (TPSA) is 50.8 Å². The number of nitrogens with zero attached hydrogens (tertiary/aromatic N) is 1. The van der Waals surface area contributed by atoms with Crippen LogP contribution in [-0.2, 0) is 11.2 Å². The van der Waals surface area contributed by atoms with Crippen LogP contribution in [0.15, 0.2) is 48.5 Å². The molecule has 1 atom stereocenters. The lowest BCUT2D eigenvalue weighted by molar-refractivity contribution is -0.122. The van der Waals surface area contributed by atoms with Crippen molar-refractivity contribution in [3.05, 3.63) is 59.7 Å². The summed E-state index contributed by atoms with van der Waals surface area (Å²) in [4.78, 5) is 14.7. The van der Waals surface area contributed by atoms with Gasteiger partial charge in [0, 0.05) is 18.2 Å². The van der Waals surface area contributed by atoms with Crippen LogP contribution in [0, 0.1) is 0 Å². The highest BCUT2D eigenvalue weighted by Crippen LogP contribution is 2.38. The summed E-state index contributed by atoms with van der Waals surface area (Å²) >= 11 is 0. The van der Waals surface area contributed by atoms with Gasteiger partial charge < -0.3 is 14.8 Å². The number of hydrogen-bond acceptors (Lipinski definition) is 4. The Labute approximate surface area is 167 Å². The van der Waals surface area contributed by atoms with Crippen molar-refractivity contribution in [1.82, 2.24) is 10.2 Å². The molecular formula is C23H30N2O3. The van der Waals surface area contributed by atoms with Crippen LogP contribution in [0.1, 0.15) is 36.4 Å². The van der Waals surface area contributed by atoms with E-state index in [2.05, 4.69) is 22.3 Å². The molecule has 1 unspecified atom stereocenters. The number of hydrogen-bond donors (Lipinski definition) is 1. The van der Waals surface area contributed by atoms with Crippen molar-refractivity contribution < 1.29 is 14.3 Å². The van der Waals surface area contributed by atoms with E-state index in [4.69, 9.17) is 9.47 Å². The van der Waals surface area contributed by atoms with Crippen LogP contribution >= 0.6 is 0 Å². The first-order valence-electron chi connectivity index (χ1n) is 9.98. The minimum Gasteiger partial charge on any atom is -0.497 e. The highest BCUT2D eigenvalue weighted by Gasteiger charge is 2.30. The maximum Gasteiger partial charge on any atom is 0.234 e. The minimum absolute atomic E-state index is 0.0850. The molecule has 1 saturated heterocycles. The summed E-state index contributed by atoms with van der Waals surface area (Å²) in [7, 11) is 3.35. The Hall–Kier alpha value is -2.53. The Morgan fingerprint density at radius 3 is 2.71 bits per heavy atom. The fraction of sp³-hybridized carbons (Fsp3) is 0.435. The molecule has 1 aliphatic rings. The standard InChI is InChI=1S/C23H30N2O3/c1-27-19-12-13-22(28-2)20(16-19)21-11-7-15-25(21)17-23(26)24-14-6-10-18-8-4-3-5-9-18/h3-5,8-9,12-13,16,21H,6-7,10-11,14-15,17H2,1-2H3,(H,24,26). The van der Waals surface area contributed by atoms with E-state index in [1.165, 1.54) is 5.56 Å². The van der Waals surface area contributed by atoms with Gasteiger partial charge in [0.15, 0.2) is 0 Å². The molecule has 1 aliphatic heterocycles. The van der Waals surface area contributed by atoms with Crippen LogP contribution in [0.25, 0.3) is 0 Å². The number of likely N-dealkylation sites (tertiary alicyclic amines) is 1. The monoisotopic (exact) mass is 382 g/mol. The molecule has 150 valence electrons. The summed E-state index contributed by atoms with van der Waals surface area (Å²) in [5.74, 6) is 1.75. The van der Waals surface area contributed by atoms with Crippen LogP contribution in [0.5, 0.6) is 11.5 Å². The Bertz CT molecular complexity index is 764. The second-order valence-electron chi connectivity index (χ2n) is 7.18. The molecule has 1 N–H and O–H groups in total. The third kappa shape index (κ3) is 5.26. The van der Waals surface area contributed by atoms with E-state index in [0.29, 0.717) is 13.1 Å². The van der Waals surface area contributed by atoms with Crippen molar-refractivity contribution in [3.8, 4) is 11.5 Å². The smallest absolute Gasteiger partial charge is 0.234 e. The second kappa shape index (κ2) is 10.1. The van der Waals surface area contributed by atoms with E-state index in [1.807, 2.05) is 36.4 Å². The number of aryl methyl sites for hydroxylation is 1. The lowest BCUT2D eigenvalue weighted by Gasteiger charge is -2.26. The number of carbonyl (C=O) groups excluding carboxylic acids is 1. The second-order valence-corrected chi connectivity index (χ2v) is 7.18. The molecule has 2 aromatic carbocycles.